The van der Waals surface area contributed by atoms with Gasteiger partial charge in [0.05, 0.1) is 18.2 Å². The molecule has 1 aromatic carbocycles. The van der Waals surface area contributed by atoms with E-state index in [2.05, 4.69) is 11.9 Å². The van der Waals surface area contributed by atoms with E-state index < -0.39 is 56.5 Å². The van der Waals surface area contributed by atoms with Gasteiger partial charge in [-0.25, -0.2) is 13.6 Å². The molecule has 0 bridgehead atoms. The van der Waals surface area contributed by atoms with Crippen LogP contribution < -0.4 is 5.32 Å². The normalized spacial score (nSPS) is 19.0. The number of nitrogens with one attached hydrogen (secondary N) is 1. The van der Waals surface area contributed by atoms with Gasteiger partial charge < -0.3 is 29.4 Å². The minimum Gasteiger partial charge on any atom is -0.464 e. The maximum absolute atomic E-state index is 13.8. The van der Waals surface area contributed by atoms with Crippen LogP contribution in [0.5, 0.6) is 0 Å². The number of amides is 2. The fourth-order valence-electron chi connectivity index (χ4n) is 3.60. The second-order valence-electron chi connectivity index (χ2n) is 7.42. The summed E-state index contributed by atoms with van der Waals surface area (Å²) in [6.45, 7) is 2.71. The van der Waals surface area contributed by atoms with Crippen LogP contribution in [0.1, 0.15) is 18.4 Å². The zero-order chi connectivity index (χ0) is 22.6. The zero-order valence-corrected chi connectivity index (χ0v) is 16.7. The Labute approximate surface area is 177 Å². The predicted molar refractivity (Wildman–Crippen MR) is 108 cm³/mol. The third-order valence-electron chi connectivity index (χ3n) is 5.22. The quantitative estimate of drug-likeness (QED) is 0.452. The molecule has 1 saturated heterocycles. The number of alkyl halides is 2. The molecule has 2 heterocycles. The Hall–Kier alpha value is -2.92. The first-order valence-electron chi connectivity index (χ1n) is 9.75. The Kier molecular flexibility index (Phi) is 6.96. The maximum Gasteiger partial charge on any atom is 0.475 e. The number of benzene rings is 1. The van der Waals surface area contributed by atoms with E-state index in [1.54, 1.807) is 24.3 Å². The van der Waals surface area contributed by atoms with Crippen molar-refractivity contribution < 1.29 is 37.6 Å². The van der Waals surface area contributed by atoms with Gasteiger partial charge in [0.15, 0.2) is 0 Å². The van der Waals surface area contributed by atoms with Crippen molar-refractivity contribution in [2.75, 3.05) is 13.2 Å². The van der Waals surface area contributed by atoms with Crippen LogP contribution in [-0.2, 0) is 16.0 Å². The number of ether oxygens (including phenoxy) is 1. The third-order valence-corrected chi connectivity index (χ3v) is 5.22. The summed E-state index contributed by atoms with van der Waals surface area (Å²) >= 11 is 0. The molecule has 1 aliphatic heterocycles. The molecule has 31 heavy (non-hydrogen) atoms. The smallest absolute Gasteiger partial charge is 0.464 e. The molecule has 1 fully saturated rings. The van der Waals surface area contributed by atoms with E-state index in [0.717, 1.165) is 11.5 Å². The van der Waals surface area contributed by atoms with Crippen LogP contribution in [0, 0.1) is 0 Å². The van der Waals surface area contributed by atoms with Crippen molar-refractivity contribution in [2.45, 2.75) is 37.2 Å². The van der Waals surface area contributed by atoms with Gasteiger partial charge in [-0.05, 0) is 24.1 Å². The number of fused-ring (bicyclic) bond motifs is 1. The van der Waals surface area contributed by atoms with Crippen LogP contribution in [0.3, 0.4) is 0 Å². The molecule has 3 rings (SSSR count). The van der Waals surface area contributed by atoms with Gasteiger partial charge in [0, 0.05) is 24.8 Å². The molecule has 2 atom stereocenters. The number of rotatable bonds is 7. The average molecular weight is 436 g/mol. The predicted octanol–water partition coefficient (Wildman–Crippen LogP) is 1.89. The van der Waals surface area contributed by atoms with Gasteiger partial charge in [-0.15, -0.1) is 0 Å². The number of hydrogen-bond donors (Lipinski definition) is 3. The lowest BCUT2D eigenvalue weighted by molar-refractivity contribution is -0.140. The van der Waals surface area contributed by atoms with Gasteiger partial charge in [0.2, 0.25) is 5.91 Å². The molecule has 2 aromatic rings. The van der Waals surface area contributed by atoms with Crippen LogP contribution >= 0.6 is 0 Å². The summed E-state index contributed by atoms with van der Waals surface area (Å²) in [5.74, 6) is -4.64. The molecule has 0 radical (unpaired) electrons. The van der Waals surface area contributed by atoms with E-state index in [-0.39, 0.29) is 13.0 Å². The summed E-state index contributed by atoms with van der Waals surface area (Å²) in [4.78, 5) is 25.3. The first-order chi connectivity index (χ1) is 14.7. The Morgan fingerprint density at radius 1 is 1.42 bits per heavy atom. The molecule has 1 aliphatic rings. The fourth-order valence-corrected chi connectivity index (χ4v) is 3.60. The lowest BCUT2D eigenvalue weighted by Gasteiger charge is -2.38. The summed E-state index contributed by atoms with van der Waals surface area (Å²) in [7, 11) is -1.90. The Morgan fingerprint density at radius 3 is 2.87 bits per heavy atom. The number of nitrogens with zero attached hydrogens (tertiary/aromatic N) is 1. The Bertz CT molecular complexity index is 951. The molecular weight excluding hydrogens is 413 g/mol. The number of piperidine rings is 1. The largest absolute Gasteiger partial charge is 0.475 e. The minimum absolute atomic E-state index is 0.0341. The molecule has 0 aliphatic carbocycles. The number of halogens is 2. The summed E-state index contributed by atoms with van der Waals surface area (Å²) in [6, 6.07) is 6.11. The van der Waals surface area contributed by atoms with E-state index in [9.17, 15) is 28.4 Å². The summed E-state index contributed by atoms with van der Waals surface area (Å²) < 4.78 is 38.0. The number of para-hydroxylation sites is 1. The van der Waals surface area contributed by atoms with Crippen molar-refractivity contribution in [1.29, 1.82) is 0 Å². The highest BCUT2D eigenvalue weighted by molar-refractivity contribution is 6.43. The van der Waals surface area contributed by atoms with Crippen LogP contribution in [0.4, 0.5) is 13.6 Å². The molecule has 166 valence electrons. The minimum atomic E-state index is -2.98. The highest BCUT2D eigenvalue weighted by Gasteiger charge is 2.42. The second-order valence-corrected chi connectivity index (χ2v) is 7.42. The summed E-state index contributed by atoms with van der Waals surface area (Å²) in [5, 5.41) is 22.4. The van der Waals surface area contributed by atoms with Crippen LogP contribution in [-0.4, -0.2) is 65.1 Å². The molecule has 0 saturated carbocycles. The molecule has 8 nitrogen and oxygen atoms in total. The van der Waals surface area contributed by atoms with Gasteiger partial charge in [-0.2, -0.15) is 0 Å². The second kappa shape index (κ2) is 9.48. The van der Waals surface area contributed by atoms with E-state index >= 15 is 0 Å². The van der Waals surface area contributed by atoms with Gasteiger partial charge in [0.25, 0.3) is 5.92 Å². The Balaban J connectivity index is 1.61. The average Bonchev–Trinajstić information content (AvgIpc) is 3.13. The number of carbonyl (C=O) groups excluding carboxylic acids is 2. The van der Waals surface area contributed by atoms with E-state index in [1.807, 2.05) is 0 Å². The van der Waals surface area contributed by atoms with Crippen molar-refractivity contribution >= 4 is 30.1 Å². The van der Waals surface area contributed by atoms with Crippen molar-refractivity contribution in [3.05, 3.63) is 48.7 Å². The fraction of sp³-hybridized carbons (Fsp3) is 0.400. The van der Waals surface area contributed by atoms with Crippen molar-refractivity contribution in [1.82, 2.24) is 10.2 Å². The number of alkyl carbamates (subject to hydrolysis) is 1. The van der Waals surface area contributed by atoms with Gasteiger partial charge in [0.1, 0.15) is 12.2 Å². The number of hydrogen-bond acceptors (Lipinski definition) is 6. The highest BCUT2D eigenvalue weighted by atomic mass is 19.3. The molecule has 2 amide bonds. The SMILES string of the molecule is C=CC(=O)N1CCC(F)(F)CC1COC(=O)N[C@@H](Cc1coc2ccccc12)B(O)O. The standard InChI is InChI=1S/C20H23BF2N2O6/c1-2-18(26)25-8-7-20(22,23)10-14(25)12-31-19(27)24-17(21(28)29)9-13-11-30-16-6-4-3-5-15(13)16/h2-6,11,14,17,28-29H,1,7-10,12H2,(H,24,27)/t14?,17-/m0/s1. The third kappa shape index (κ3) is 5.62. The molecule has 1 unspecified atom stereocenters. The molecule has 3 N–H and O–H groups in total. The first-order valence-corrected chi connectivity index (χ1v) is 9.75. The molecule has 11 heteroatoms. The summed E-state index contributed by atoms with van der Waals surface area (Å²) in [5.41, 5.74) is 1.25. The highest BCUT2D eigenvalue weighted by Crippen LogP contribution is 2.32. The molecule has 0 spiro atoms. The number of likely N-dealkylation sites (tertiary alicyclic amines) is 1. The maximum atomic E-state index is 13.8. The Morgan fingerprint density at radius 2 is 2.16 bits per heavy atom. The topological polar surface area (TPSA) is 112 Å². The van der Waals surface area contributed by atoms with E-state index in [1.165, 1.54) is 11.2 Å². The number of carbonyl (C=O) groups is 2. The summed E-state index contributed by atoms with van der Waals surface area (Å²) in [6.07, 6.45) is 0.358. The van der Waals surface area contributed by atoms with Crippen LogP contribution in [0.25, 0.3) is 11.0 Å². The van der Waals surface area contributed by atoms with Crippen molar-refractivity contribution in [3.63, 3.8) is 0 Å². The zero-order valence-electron chi connectivity index (χ0n) is 16.7. The van der Waals surface area contributed by atoms with Gasteiger partial charge in [-0.1, -0.05) is 24.8 Å². The molecular formula is C20H23BF2N2O6. The molecule has 1 aromatic heterocycles. The van der Waals surface area contributed by atoms with Crippen molar-refractivity contribution in [2.24, 2.45) is 0 Å². The monoisotopic (exact) mass is 436 g/mol. The van der Waals surface area contributed by atoms with Crippen LogP contribution in [0.15, 0.2) is 47.6 Å². The van der Waals surface area contributed by atoms with Gasteiger partial charge >= 0.3 is 13.2 Å². The van der Waals surface area contributed by atoms with E-state index in [4.69, 9.17) is 9.15 Å². The lowest BCUT2D eigenvalue weighted by Crippen LogP contribution is -2.52. The van der Waals surface area contributed by atoms with Crippen molar-refractivity contribution in [3.8, 4) is 0 Å². The van der Waals surface area contributed by atoms with E-state index in [0.29, 0.717) is 11.1 Å². The number of furan rings is 1. The first kappa shape index (κ1) is 22.8. The van der Waals surface area contributed by atoms with Gasteiger partial charge in [-0.3, -0.25) is 4.79 Å². The van der Waals surface area contributed by atoms with Crippen LogP contribution in [0.2, 0.25) is 0 Å². The lowest BCUT2D eigenvalue weighted by atomic mass is 9.76.